The molecule has 5 heteroatoms. The van der Waals surface area contributed by atoms with Crippen LogP contribution >= 0.6 is 0 Å². The van der Waals surface area contributed by atoms with Gasteiger partial charge in [-0.2, -0.15) is 5.10 Å². The van der Waals surface area contributed by atoms with E-state index >= 15 is 0 Å². The minimum Gasteiger partial charge on any atom is -0.496 e. The Morgan fingerprint density at radius 3 is 2.56 bits per heavy atom. The van der Waals surface area contributed by atoms with Gasteiger partial charge in [0, 0.05) is 11.6 Å². The smallest absolute Gasteiger partial charge is 0.267 e. The lowest BCUT2D eigenvalue weighted by molar-refractivity contribution is 0.0962. The molecular weight excluding hydrogens is 316 g/mol. The van der Waals surface area contributed by atoms with Crippen LogP contribution in [-0.2, 0) is 6.54 Å². The summed E-state index contributed by atoms with van der Waals surface area (Å²) in [6.07, 6.45) is 0. The van der Waals surface area contributed by atoms with E-state index < -0.39 is 0 Å². The molecule has 0 bridgehead atoms. The first-order valence-electron chi connectivity index (χ1n) is 7.90. The quantitative estimate of drug-likeness (QED) is 0.673. The van der Waals surface area contributed by atoms with E-state index in [0.717, 1.165) is 11.1 Å². The number of nitrogens with zero attached hydrogens (tertiary/aromatic N) is 2. The average molecular weight is 334 g/mol. The summed E-state index contributed by atoms with van der Waals surface area (Å²) >= 11 is 0. The zero-order valence-corrected chi connectivity index (χ0v) is 14.1. The fourth-order valence-corrected chi connectivity index (χ4v) is 2.59. The SMILES string of the molecule is COc1ccc(C)cc1C(=O)Cn1nc(-c2ccccc2)ccc1=O. The van der Waals surface area contributed by atoms with Crippen LogP contribution in [0, 0.1) is 6.92 Å². The first-order valence-corrected chi connectivity index (χ1v) is 7.90. The van der Waals surface area contributed by atoms with E-state index in [-0.39, 0.29) is 17.9 Å². The summed E-state index contributed by atoms with van der Waals surface area (Å²) in [5.41, 5.74) is 2.60. The van der Waals surface area contributed by atoms with Crippen molar-refractivity contribution < 1.29 is 9.53 Å². The summed E-state index contributed by atoms with van der Waals surface area (Å²) in [5.74, 6) is 0.267. The van der Waals surface area contributed by atoms with Crippen LogP contribution in [0.4, 0.5) is 0 Å². The fraction of sp³-hybridized carbons (Fsp3) is 0.150. The number of ketones is 1. The van der Waals surface area contributed by atoms with Crippen molar-refractivity contribution in [1.29, 1.82) is 0 Å². The molecule has 0 aliphatic rings. The third-order valence-corrected chi connectivity index (χ3v) is 3.88. The van der Waals surface area contributed by atoms with Gasteiger partial charge in [-0.1, -0.05) is 42.0 Å². The van der Waals surface area contributed by atoms with Gasteiger partial charge in [0.15, 0.2) is 5.78 Å². The zero-order valence-electron chi connectivity index (χ0n) is 14.1. The fourth-order valence-electron chi connectivity index (χ4n) is 2.59. The van der Waals surface area contributed by atoms with Crippen molar-refractivity contribution in [3.05, 3.63) is 82.1 Å². The Kier molecular flexibility index (Phi) is 4.75. The molecule has 0 fully saturated rings. The molecule has 0 saturated heterocycles. The standard InChI is InChI=1S/C20H18N2O3/c1-14-8-10-19(25-2)16(12-14)18(23)13-22-20(24)11-9-17(21-22)15-6-4-3-5-7-15/h3-12H,13H2,1-2H3. The van der Waals surface area contributed by atoms with Crippen LogP contribution in [0.25, 0.3) is 11.3 Å². The van der Waals surface area contributed by atoms with E-state index in [1.54, 1.807) is 18.2 Å². The van der Waals surface area contributed by atoms with Gasteiger partial charge in [-0.05, 0) is 25.1 Å². The molecule has 0 radical (unpaired) electrons. The average Bonchev–Trinajstić information content (AvgIpc) is 2.64. The Morgan fingerprint density at radius 2 is 1.84 bits per heavy atom. The van der Waals surface area contributed by atoms with Crippen LogP contribution < -0.4 is 10.3 Å². The van der Waals surface area contributed by atoms with Crippen LogP contribution in [0.1, 0.15) is 15.9 Å². The Labute approximate surface area is 145 Å². The number of rotatable bonds is 5. The number of hydrogen-bond donors (Lipinski definition) is 0. The molecule has 25 heavy (non-hydrogen) atoms. The van der Waals surface area contributed by atoms with Crippen molar-refractivity contribution >= 4 is 5.78 Å². The Morgan fingerprint density at radius 1 is 1.08 bits per heavy atom. The number of aryl methyl sites for hydroxylation is 1. The van der Waals surface area contributed by atoms with Crippen molar-refractivity contribution in [2.75, 3.05) is 7.11 Å². The predicted octanol–water partition coefficient (Wildman–Crippen LogP) is 3.11. The number of Topliss-reactive ketones (excluding diaryl/α,β-unsaturated/α-hetero) is 1. The van der Waals surface area contributed by atoms with Gasteiger partial charge in [-0.25, -0.2) is 4.68 Å². The Hall–Kier alpha value is -3.21. The number of ether oxygens (including phenoxy) is 1. The second-order valence-corrected chi connectivity index (χ2v) is 5.71. The second-order valence-electron chi connectivity index (χ2n) is 5.71. The van der Waals surface area contributed by atoms with Crippen molar-refractivity contribution in [1.82, 2.24) is 9.78 Å². The van der Waals surface area contributed by atoms with Gasteiger partial charge in [-0.15, -0.1) is 0 Å². The molecule has 0 unspecified atom stereocenters. The van der Waals surface area contributed by atoms with E-state index in [9.17, 15) is 9.59 Å². The zero-order chi connectivity index (χ0) is 17.8. The molecule has 0 saturated carbocycles. The van der Waals surface area contributed by atoms with Crippen LogP contribution in [0.5, 0.6) is 5.75 Å². The highest BCUT2D eigenvalue weighted by atomic mass is 16.5. The normalized spacial score (nSPS) is 10.5. The molecule has 0 atom stereocenters. The van der Waals surface area contributed by atoms with Gasteiger partial charge in [0.05, 0.1) is 18.4 Å². The molecular formula is C20H18N2O3. The highest BCUT2D eigenvalue weighted by Gasteiger charge is 2.15. The van der Waals surface area contributed by atoms with E-state index in [4.69, 9.17) is 4.74 Å². The minimum absolute atomic E-state index is 0.140. The first kappa shape index (κ1) is 16.6. The molecule has 1 aromatic heterocycles. The third-order valence-electron chi connectivity index (χ3n) is 3.88. The molecule has 126 valence electrons. The molecule has 0 amide bonds. The highest BCUT2D eigenvalue weighted by Crippen LogP contribution is 2.21. The van der Waals surface area contributed by atoms with E-state index in [1.165, 1.54) is 17.9 Å². The lowest BCUT2D eigenvalue weighted by atomic mass is 10.1. The monoisotopic (exact) mass is 334 g/mol. The molecule has 0 N–H and O–H groups in total. The van der Waals surface area contributed by atoms with Crippen LogP contribution in [0.15, 0.2) is 65.5 Å². The molecule has 3 rings (SSSR count). The van der Waals surface area contributed by atoms with Gasteiger partial charge >= 0.3 is 0 Å². The third kappa shape index (κ3) is 3.66. The molecule has 0 aliphatic heterocycles. The van der Waals surface area contributed by atoms with Gasteiger partial charge in [0.25, 0.3) is 5.56 Å². The van der Waals surface area contributed by atoms with Crippen LogP contribution in [0.2, 0.25) is 0 Å². The molecule has 0 aliphatic carbocycles. The number of hydrogen-bond acceptors (Lipinski definition) is 4. The Bertz CT molecular complexity index is 962. The molecule has 0 spiro atoms. The molecule has 3 aromatic rings. The van der Waals surface area contributed by atoms with Gasteiger partial charge in [0.1, 0.15) is 12.3 Å². The summed E-state index contributed by atoms with van der Waals surface area (Å²) in [6.45, 7) is 1.76. The summed E-state index contributed by atoms with van der Waals surface area (Å²) in [5, 5.41) is 4.33. The second kappa shape index (κ2) is 7.13. The van der Waals surface area contributed by atoms with Crippen molar-refractivity contribution in [3.8, 4) is 17.0 Å². The molecule has 1 heterocycles. The lowest BCUT2D eigenvalue weighted by Crippen LogP contribution is -2.26. The molecule has 2 aromatic carbocycles. The van der Waals surface area contributed by atoms with Crippen LogP contribution in [-0.4, -0.2) is 22.7 Å². The van der Waals surface area contributed by atoms with E-state index in [2.05, 4.69) is 5.10 Å². The van der Waals surface area contributed by atoms with Crippen LogP contribution in [0.3, 0.4) is 0 Å². The number of aromatic nitrogens is 2. The van der Waals surface area contributed by atoms with Crippen molar-refractivity contribution in [2.45, 2.75) is 13.5 Å². The predicted molar refractivity (Wildman–Crippen MR) is 96.0 cm³/mol. The van der Waals surface area contributed by atoms with Gasteiger partial charge in [-0.3, -0.25) is 9.59 Å². The largest absolute Gasteiger partial charge is 0.496 e. The highest BCUT2D eigenvalue weighted by molar-refractivity contribution is 5.98. The van der Waals surface area contributed by atoms with E-state index in [0.29, 0.717) is 17.0 Å². The van der Waals surface area contributed by atoms with Gasteiger partial charge in [0.2, 0.25) is 0 Å². The lowest BCUT2D eigenvalue weighted by Gasteiger charge is -2.10. The molecule has 5 nitrogen and oxygen atoms in total. The number of benzene rings is 2. The maximum Gasteiger partial charge on any atom is 0.267 e. The number of methoxy groups -OCH3 is 1. The van der Waals surface area contributed by atoms with Crippen molar-refractivity contribution in [3.63, 3.8) is 0 Å². The maximum absolute atomic E-state index is 12.7. The Balaban J connectivity index is 1.94. The topological polar surface area (TPSA) is 61.2 Å². The first-order chi connectivity index (χ1) is 12.1. The maximum atomic E-state index is 12.7. The number of carbonyl (C=O) groups excluding carboxylic acids is 1. The number of carbonyl (C=O) groups is 1. The van der Waals surface area contributed by atoms with Crippen molar-refractivity contribution in [2.24, 2.45) is 0 Å². The summed E-state index contributed by atoms with van der Waals surface area (Å²) < 4.78 is 6.44. The van der Waals surface area contributed by atoms with Gasteiger partial charge < -0.3 is 4.74 Å². The summed E-state index contributed by atoms with van der Waals surface area (Å²) in [4.78, 5) is 24.8. The summed E-state index contributed by atoms with van der Waals surface area (Å²) in [7, 11) is 1.52. The minimum atomic E-state index is -0.320. The van der Waals surface area contributed by atoms with E-state index in [1.807, 2.05) is 43.3 Å². The summed E-state index contributed by atoms with van der Waals surface area (Å²) in [6, 6.07) is 18.0.